The predicted octanol–water partition coefficient (Wildman–Crippen LogP) is 0.474. The van der Waals surface area contributed by atoms with Crippen LogP contribution in [0.15, 0.2) is 0 Å². The zero-order valence-electron chi connectivity index (χ0n) is 11.4. The van der Waals surface area contributed by atoms with Gasteiger partial charge in [-0.1, -0.05) is 13.8 Å². The van der Waals surface area contributed by atoms with E-state index in [9.17, 15) is 9.59 Å². The molecule has 1 saturated heterocycles. The molecular weight excluding hydrogens is 230 g/mol. The van der Waals surface area contributed by atoms with Crippen LogP contribution in [0.2, 0.25) is 0 Å². The molecule has 18 heavy (non-hydrogen) atoms. The molecule has 0 spiro atoms. The highest BCUT2D eigenvalue weighted by molar-refractivity contribution is 5.81. The summed E-state index contributed by atoms with van der Waals surface area (Å²) >= 11 is 0. The first-order valence-corrected chi connectivity index (χ1v) is 6.72. The molecule has 0 aliphatic carbocycles. The van der Waals surface area contributed by atoms with Crippen LogP contribution in [0.4, 0.5) is 0 Å². The van der Waals surface area contributed by atoms with Crippen LogP contribution in [0, 0.1) is 11.8 Å². The summed E-state index contributed by atoms with van der Waals surface area (Å²) in [5, 5.41) is 0. The number of piperidine rings is 1. The van der Waals surface area contributed by atoms with Crippen LogP contribution in [0.1, 0.15) is 39.5 Å². The Morgan fingerprint density at radius 3 is 2.28 bits per heavy atom. The summed E-state index contributed by atoms with van der Waals surface area (Å²) in [4.78, 5) is 24.7. The fraction of sp³-hybridized carbons (Fsp3) is 0.846. The van der Waals surface area contributed by atoms with Crippen LogP contribution >= 0.6 is 0 Å². The lowest BCUT2D eigenvalue weighted by Gasteiger charge is -2.33. The minimum absolute atomic E-state index is 0.0428. The van der Waals surface area contributed by atoms with Gasteiger partial charge in [0.25, 0.3) is 0 Å². The number of carbonyl (C=O) groups excluding carboxylic acids is 2. The highest BCUT2D eigenvalue weighted by Gasteiger charge is 2.27. The first-order valence-electron chi connectivity index (χ1n) is 6.72. The van der Waals surface area contributed by atoms with Crippen molar-refractivity contribution in [1.29, 1.82) is 0 Å². The van der Waals surface area contributed by atoms with Crippen LogP contribution in [-0.2, 0) is 9.59 Å². The average molecular weight is 255 g/mol. The van der Waals surface area contributed by atoms with E-state index in [2.05, 4.69) is 13.8 Å². The first kappa shape index (κ1) is 15.0. The molecule has 0 radical (unpaired) electrons. The van der Waals surface area contributed by atoms with E-state index in [1.165, 1.54) is 0 Å². The van der Waals surface area contributed by atoms with E-state index < -0.39 is 6.04 Å². The summed E-state index contributed by atoms with van der Waals surface area (Å²) in [6.45, 7) is 5.52. The second-order valence-electron chi connectivity index (χ2n) is 5.68. The molecule has 0 aromatic carbocycles. The minimum Gasteiger partial charge on any atom is -0.370 e. The summed E-state index contributed by atoms with van der Waals surface area (Å²) in [5.41, 5.74) is 11.1. The van der Waals surface area contributed by atoms with Crippen molar-refractivity contribution in [2.24, 2.45) is 23.3 Å². The molecule has 1 aliphatic rings. The molecule has 0 bridgehead atoms. The van der Waals surface area contributed by atoms with Crippen molar-refractivity contribution in [2.45, 2.75) is 45.6 Å². The van der Waals surface area contributed by atoms with Gasteiger partial charge < -0.3 is 16.4 Å². The van der Waals surface area contributed by atoms with Crippen molar-refractivity contribution >= 4 is 11.8 Å². The van der Waals surface area contributed by atoms with E-state index in [0.717, 1.165) is 19.3 Å². The van der Waals surface area contributed by atoms with Gasteiger partial charge in [0.05, 0.1) is 6.04 Å². The van der Waals surface area contributed by atoms with Gasteiger partial charge in [-0.2, -0.15) is 0 Å². The average Bonchev–Trinajstić information content (AvgIpc) is 2.27. The van der Waals surface area contributed by atoms with Gasteiger partial charge in [-0.05, 0) is 31.1 Å². The van der Waals surface area contributed by atoms with Crippen molar-refractivity contribution < 1.29 is 9.59 Å². The predicted molar refractivity (Wildman–Crippen MR) is 70.5 cm³/mol. The molecular formula is C13H25N3O2. The third-order valence-electron chi connectivity index (χ3n) is 3.46. The maximum Gasteiger partial charge on any atom is 0.239 e. The maximum atomic E-state index is 12.1. The molecule has 1 aliphatic heterocycles. The fourth-order valence-electron chi connectivity index (χ4n) is 2.49. The zero-order valence-corrected chi connectivity index (χ0v) is 11.4. The second kappa shape index (κ2) is 6.73. The van der Waals surface area contributed by atoms with Crippen molar-refractivity contribution in [3.8, 4) is 0 Å². The summed E-state index contributed by atoms with van der Waals surface area (Å²) in [6.07, 6.45) is 2.85. The Kier molecular flexibility index (Phi) is 5.59. The van der Waals surface area contributed by atoms with E-state index in [1.54, 1.807) is 0 Å². The van der Waals surface area contributed by atoms with Crippen molar-refractivity contribution in [3.63, 3.8) is 0 Å². The monoisotopic (exact) mass is 255 g/mol. The van der Waals surface area contributed by atoms with Crippen LogP contribution in [0.3, 0.4) is 0 Å². The number of likely N-dealkylation sites (tertiary alicyclic amines) is 1. The molecule has 1 fully saturated rings. The smallest absolute Gasteiger partial charge is 0.239 e. The van der Waals surface area contributed by atoms with Gasteiger partial charge in [-0.3, -0.25) is 9.59 Å². The minimum atomic E-state index is -0.391. The van der Waals surface area contributed by atoms with Crippen LogP contribution in [0.25, 0.3) is 0 Å². The molecule has 2 amide bonds. The highest BCUT2D eigenvalue weighted by Crippen LogP contribution is 2.21. The van der Waals surface area contributed by atoms with E-state index in [1.807, 2.05) is 4.90 Å². The fourth-order valence-corrected chi connectivity index (χ4v) is 2.49. The Bertz CT molecular complexity index is 297. The Morgan fingerprint density at radius 1 is 1.28 bits per heavy atom. The second-order valence-corrected chi connectivity index (χ2v) is 5.68. The first-order chi connectivity index (χ1) is 8.40. The molecule has 5 nitrogen and oxygen atoms in total. The van der Waals surface area contributed by atoms with E-state index >= 15 is 0 Å². The lowest BCUT2D eigenvalue weighted by atomic mass is 9.92. The lowest BCUT2D eigenvalue weighted by Crippen LogP contribution is -2.47. The highest BCUT2D eigenvalue weighted by atomic mass is 16.2. The molecule has 1 unspecified atom stereocenters. The number of amides is 2. The normalized spacial score (nSPS) is 19.0. The number of rotatable bonds is 5. The Morgan fingerprint density at radius 2 is 1.83 bits per heavy atom. The van der Waals surface area contributed by atoms with Gasteiger partial charge in [-0.15, -0.1) is 0 Å². The van der Waals surface area contributed by atoms with E-state index in [0.29, 0.717) is 31.3 Å². The number of nitrogens with zero attached hydrogens (tertiary/aromatic N) is 1. The van der Waals surface area contributed by atoms with E-state index in [4.69, 9.17) is 11.5 Å². The topological polar surface area (TPSA) is 89.4 Å². The quantitative estimate of drug-likeness (QED) is 0.748. The zero-order chi connectivity index (χ0) is 13.7. The molecule has 4 N–H and O–H groups in total. The van der Waals surface area contributed by atoms with Gasteiger partial charge >= 0.3 is 0 Å². The van der Waals surface area contributed by atoms with Gasteiger partial charge in [0.1, 0.15) is 0 Å². The van der Waals surface area contributed by atoms with Gasteiger partial charge in [0, 0.05) is 19.5 Å². The van der Waals surface area contributed by atoms with E-state index in [-0.39, 0.29) is 11.8 Å². The molecule has 5 heteroatoms. The number of nitrogens with two attached hydrogens (primary N) is 2. The van der Waals surface area contributed by atoms with Gasteiger partial charge in [0.2, 0.25) is 11.8 Å². The van der Waals surface area contributed by atoms with Crippen LogP contribution in [-0.4, -0.2) is 35.8 Å². The van der Waals surface area contributed by atoms with Crippen LogP contribution < -0.4 is 11.5 Å². The third-order valence-corrected chi connectivity index (χ3v) is 3.46. The number of hydrogen-bond acceptors (Lipinski definition) is 3. The lowest BCUT2D eigenvalue weighted by molar-refractivity contribution is -0.134. The van der Waals surface area contributed by atoms with Crippen molar-refractivity contribution in [2.75, 3.05) is 13.1 Å². The van der Waals surface area contributed by atoms with Gasteiger partial charge in [0.15, 0.2) is 0 Å². The number of primary amides is 1. The van der Waals surface area contributed by atoms with Gasteiger partial charge in [-0.25, -0.2) is 0 Å². The Labute approximate surface area is 109 Å². The van der Waals surface area contributed by atoms with Crippen molar-refractivity contribution in [3.05, 3.63) is 0 Å². The molecule has 0 aromatic rings. The molecule has 1 heterocycles. The molecule has 1 rings (SSSR count). The molecule has 0 saturated carbocycles. The summed E-state index contributed by atoms with van der Waals surface area (Å²) < 4.78 is 0. The maximum absolute atomic E-state index is 12.1. The Hall–Kier alpha value is -1.10. The molecule has 1 atom stereocenters. The summed E-state index contributed by atoms with van der Waals surface area (Å²) in [5.74, 6) is 0.543. The molecule has 104 valence electrons. The van der Waals surface area contributed by atoms with Crippen LogP contribution in [0.5, 0.6) is 0 Å². The summed E-state index contributed by atoms with van der Waals surface area (Å²) in [7, 11) is 0. The number of hydrogen-bond donors (Lipinski definition) is 2. The SMILES string of the molecule is CC(C)CC(N)C(=O)N1CCC(CC(N)=O)CC1. The standard InChI is InChI=1S/C13H25N3O2/c1-9(2)7-11(14)13(18)16-5-3-10(4-6-16)8-12(15)17/h9-11H,3-8,14H2,1-2H3,(H2,15,17). The molecule has 0 aromatic heterocycles. The Balaban J connectivity index is 2.38. The summed E-state index contributed by atoms with van der Waals surface area (Å²) in [6, 6.07) is -0.391. The third kappa shape index (κ3) is 4.64. The largest absolute Gasteiger partial charge is 0.370 e. The van der Waals surface area contributed by atoms with Crippen molar-refractivity contribution in [1.82, 2.24) is 4.90 Å². The number of carbonyl (C=O) groups is 2.